The number of nitrogens with zero attached hydrogens (tertiary/aromatic N) is 4. The van der Waals surface area contributed by atoms with Crippen molar-refractivity contribution in [1.82, 2.24) is 9.88 Å². The Hall–Kier alpha value is -3.72. The molecule has 0 aliphatic carbocycles. The fourth-order valence-corrected chi connectivity index (χ4v) is 4.35. The van der Waals surface area contributed by atoms with Crippen LogP contribution in [-0.4, -0.2) is 51.0 Å². The van der Waals surface area contributed by atoms with Gasteiger partial charge in [-0.2, -0.15) is 0 Å². The van der Waals surface area contributed by atoms with Crippen LogP contribution in [0, 0.1) is 0 Å². The maximum Gasteiger partial charge on any atom is 0.323 e. The van der Waals surface area contributed by atoms with Gasteiger partial charge in [0, 0.05) is 18.3 Å². The number of carboxylic acid groups (broad SMARTS) is 1. The summed E-state index contributed by atoms with van der Waals surface area (Å²) < 4.78 is 0. The van der Waals surface area contributed by atoms with E-state index < -0.39 is 18.4 Å². The standard InChI is InChI=1S/C21H16N4O4S/c1-2-10-24-20(29)18(30-21(24)23-13-6-5-9-22-11-13)17-14-7-3-4-8-15(14)25(19(17)28)12-16(26)27/h2-9,11H,1,10,12H2,(H,26,27)/b18-17-,23-21?. The van der Waals surface area contributed by atoms with Gasteiger partial charge in [0.1, 0.15) is 6.54 Å². The molecular weight excluding hydrogens is 404 g/mol. The second kappa shape index (κ2) is 7.96. The summed E-state index contributed by atoms with van der Waals surface area (Å²) in [5, 5.41) is 9.61. The Morgan fingerprint density at radius 3 is 2.67 bits per heavy atom. The van der Waals surface area contributed by atoms with Crippen LogP contribution >= 0.6 is 11.8 Å². The van der Waals surface area contributed by atoms with E-state index in [1.807, 2.05) is 0 Å². The number of pyridine rings is 1. The monoisotopic (exact) mass is 420 g/mol. The first-order valence-electron chi connectivity index (χ1n) is 8.98. The number of amidine groups is 1. The summed E-state index contributed by atoms with van der Waals surface area (Å²) in [6.07, 6.45) is 4.77. The number of carbonyl (C=O) groups is 3. The highest BCUT2D eigenvalue weighted by Crippen LogP contribution is 2.44. The van der Waals surface area contributed by atoms with Crippen molar-refractivity contribution in [2.45, 2.75) is 0 Å². The molecule has 9 heteroatoms. The Bertz CT molecular complexity index is 1130. The van der Waals surface area contributed by atoms with Crippen LogP contribution in [0.15, 0.2) is 71.3 Å². The van der Waals surface area contributed by atoms with Crippen molar-refractivity contribution in [3.05, 3.63) is 71.9 Å². The maximum atomic E-state index is 13.2. The van der Waals surface area contributed by atoms with Crippen molar-refractivity contribution in [1.29, 1.82) is 0 Å². The van der Waals surface area contributed by atoms with E-state index in [-0.39, 0.29) is 22.9 Å². The number of aromatic nitrogens is 1. The van der Waals surface area contributed by atoms with Crippen molar-refractivity contribution < 1.29 is 19.5 Å². The molecule has 0 saturated carbocycles. The van der Waals surface area contributed by atoms with E-state index in [1.165, 1.54) is 9.80 Å². The van der Waals surface area contributed by atoms with Crippen LogP contribution in [0.1, 0.15) is 5.56 Å². The van der Waals surface area contributed by atoms with E-state index in [4.69, 9.17) is 0 Å². The van der Waals surface area contributed by atoms with Crippen molar-refractivity contribution >= 4 is 51.7 Å². The molecule has 150 valence electrons. The van der Waals surface area contributed by atoms with Gasteiger partial charge in [0.25, 0.3) is 11.8 Å². The van der Waals surface area contributed by atoms with Crippen molar-refractivity contribution in [3.63, 3.8) is 0 Å². The number of hydrogen-bond donors (Lipinski definition) is 1. The zero-order chi connectivity index (χ0) is 21.3. The molecule has 1 aromatic carbocycles. The van der Waals surface area contributed by atoms with E-state index in [9.17, 15) is 19.5 Å². The molecule has 1 N–H and O–H groups in total. The highest BCUT2D eigenvalue weighted by atomic mass is 32.2. The van der Waals surface area contributed by atoms with Crippen LogP contribution in [0.4, 0.5) is 11.4 Å². The van der Waals surface area contributed by atoms with Crippen LogP contribution in [0.5, 0.6) is 0 Å². The number of anilines is 1. The topological polar surface area (TPSA) is 103 Å². The number of para-hydroxylation sites is 1. The maximum absolute atomic E-state index is 13.2. The molecule has 1 saturated heterocycles. The summed E-state index contributed by atoms with van der Waals surface area (Å²) in [7, 11) is 0. The quantitative estimate of drug-likeness (QED) is 0.589. The first-order valence-corrected chi connectivity index (χ1v) is 9.79. The minimum atomic E-state index is -1.14. The summed E-state index contributed by atoms with van der Waals surface area (Å²) in [5.74, 6) is -2.03. The number of fused-ring (bicyclic) bond motifs is 1. The van der Waals surface area contributed by atoms with E-state index in [0.717, 1.165) is 11.8 Å². The van der Waals surface area contributed by atoms with Crippen molar-refractivity contribution in [2.24, 2.45) is 4.99 Å². The van der Waals surface area contributed by atoms with E-state index in [0.29, 0.717) is 22.1 Å². The molecule has 0 spiro atoms. The van der Waals surface area contributed by atoms with Gasteiger partial charge in [0.05, 0.1) is 28.0 Å². The molecule has 8 nitrogen and oxygen atoms in total. The molecule has 1 fully saturated rings. The number of carboxylic acids is 1. The minimum absolute atomic E-state index is 0.187. The number of aliphatic imine (C=N–C) groups is 1. The highest BCUT2D eigenvalue weighted by Gasteiger charge is 2.42. The van der Waals surface area contributed by atoms with E-state index in [2.05, 4.69) is 16.6 Å². The van der Waals surface area contributed by atoms with Crippen LogP contribution in [0.2, 0.25) is 0 Å². The second-order valence-electron chi connectivity index (χ2n) is 6.42. The Morgan fingerprint density at radius 2 is 1.97 bits per heavy atom. The summed E-state index contributed by atoms with van der Waals surface area (Å²) in [6.45, 7) is 3.42. The van der Waals surface area contributed by atoms with Crippen LogP contribution < -0.4 is 4.90 Å². The summed E-state index contributed by atoms with van der Waals surface area (Å²) >= 11 is 1.08. The van der Waals surface area contributed by atoms with Gasteiger partial charge in [0.15, 0.2) is 5.17 Å². The normalized spacial score (nSPS) is 19.5. The molecule has 2 aliphatic rings. The van der Waals surface area contributed by atoms with Gasteiger partial charge in [-0.1, -0.05) is 24.3 Å². The first-order chi connectivity index (χ1) is 14.5. The average Bonchev–Trinajstić information content (AvgIpc) is 3.17. The van der Waals surface area contributed by atoms with Crippen LogP contribution in [-0.2, 0) is 14.4 Å². The molecule has 0 atom stereocenters. The Labute approximate surface area is 176 Å². The predicted molar refractivity (Wildman–Crippen MR) is 114 cm³/mol. The lowest BCUT2D eigenvalue weighted by atomic mass is 10.1. The third-order valence-corrected chi connectivity index (χ3v) is 5.57. The number of rotatable bonds is 5. The Balaban J connectivity index is 1.83. The zero-order valence-electron chi connectivity index (χ0n) is 15.7. The summed E-state index contributed by atoms with van der Waals surface area (Å²) in [4.78, 5) is 48.9. The Kier molecular flexibility index (Phi) is 5.20. The molecule has 4 rings (SSSR count). The van der Waals surface area contributed by atoms with Gasteiger partial charge in [-0.25, -0.2) is 4.99 Å². The number of aliphatic carboxylic acids is 1. The molecule has 0 bridgehead atoms. The lowest BCUT2D eigenvalue weighted by molar-refractivity contribution is -0.136. The smallest absolute Gasteiger partial charge is 0.323 e. The van der Waals surface area contributed by atoms with Gasteiger partial charge >= 0.3 is 5.97 Å². The number of thioether (sulfide) groups is 1. The number of carbonyl (C=O) groups excluding carboxylic acids is 2. The first kappa shape index (κ1) is 19.6. The van der Waals surface area contributed by atoms with Gasteiger partial charge in [-0.3, -0.25) is 29.2 Å². The predicted octanol–water partition coefficient (Wildman–Crippen LogP) is 2.67. The lowest BCUT2D eigenvalue weighted by Gasteiger charge is -2.13. The van der Waals surface area contributed by atoms with E-state index >= 15 is 0 Å². The fourth-order valence-electron chi connectivity index (χ4n) is 3.25. The molecule has 30 heavy (non-hydrogen) atoms. The van der Waals surface area contributed by atoms with E-state index in [1.54, 1.807) is 54.9 Å². The third kappa shape index (κ3) is 3.39. The van der Waals surface area contributed by atoms with Gasteiger partial charge in [-0.05, 0) is 30.0 Å². The molecule has 2 amide bonds. The number of hydrogen-bond acceptors (Lipinski definition) is 6. The van der Waals surface area contributed by atoms with Crippen LogP contribution in [0.25, 0.3) is 5.57 Å². The molecule has 3 heterocycles. The minimum Gasteiger partial charge on any atom is -0.480 e. The lowest BCUT2D eigenvalue weighted by Crippen LogP contribution is -2.33. The number of amides is 2. The van der Waals surface area contributed by atoms with Gasteiger partial charge in [-0.15, -0.1) is 6.58 Å². The second-order valence-corrected chi connectivity index (χ2v) is 7.40. The van der Waals surface area contributed by atoms with Gasteiger partial charge in [0.2, 0.25) is 0 Å². The molecule has 0 radical (unpaired) electrons. The largest absolute Gasteiger partial charge is 0.480 e. The third-order valence-electron chi connectivity index (χ3n) is 4.49. The Morgan fingerprint density at radius 1 is 1.17 bits per heavy atom. The highest BCUT2D eigenvalue weighted by molar-refractivity contribution is 8.18. The molecular formula is C21H16N4O4S. The molecule has 2 aromatic rings. The van der Waals surface area contributed by atoms with Crippen LogP contribution in [0.3, 0.4) is 0 Å². The van der Waals surface area contributed by atoms with Gasteiger partial charge < -0.3 is 5.11 Å². The zero-order valence-corrected chi connectivity index (χ0v) is 16.5. The number of benzene rings is 1. The fraction of sp³-hybridized carbons (Fsp3) is 0.0952. The molecule has 0 unspecified atom stereocenters. The average molecular weight is 420 g/mol. The molecule has 2 aliphatic heterocycles. The molecule has 1 aromatic heterocycles. The SMILES string of the molecule is C=CCN1C(=O)/C(=C2/C(=O)N(CC(=O)O)c3ccccc32)SC1=Nc1cccnc1. The van der Waals surface area contributed by atoms with Crippen molar-refractivity contribution in [2.75, 3.05) is 18.0 Å². The summed E-state index contributed by atoms with van der Waals surface area (Å²) in [6, 6.07) is 10.3. The summed E-state index contributed by atoms with van der Waals surface area (Å²) in [5.41, 5.74) is 1.75. The van der Waals surface area contributed by atoms with Crippen molar-refractivity contribution in [3.8, 4) is 0 Å².